The Hall–Kier alpha value is -4.17. The Labute approximate surface area is 352 Å². The van der Waals surface area contributed by atoms with Gasteiger partial charge in [-0.2, -0.15) is 5.06 Å². The third-order valence-electron chi connectivity index (χ3n) is 10.5. The summed E-state index contributed by atoms with van der Waals surface area (Å²) in [7, 11) is 0. The average Bonchev–Trinajstić information content (AvgIpc) is 3.56. The number of unbranched alkanes of at least 4 members (excludes halogenated alkanes) is 1. The van der Waals surface area contributed by atoms with Crippen LogP contribution in [0.4, 0.5) is 9.59 Å². The van der Waals surface area contributed by atoms with E-state index in [0.29, 0.717) is 57.9 Å². The fourth-order valence-electron chi connectivity index (χ4n) is 7.97. The highest BCUT2D eigenvalue weighted by Crippen LogP contribution is 2.38. The van der Waals surface area contributed by atoms with Gasteiger partial charge in [-0.25, -0.2) is 9.59 Å². The molecule has 0 unspecified atom stereocenters. The van der Waals surface area contributed by atoms with Crippen LogP contribution in [-0.4, -0.2) is 99.3 Å². The number of rotatable bonds is 18. The molecule has 3 rings (SSSR count). The van der Waals surface area contributed by atoms with Gasteiger partial charge in [0.15, 0.2) is 0 Å². The molecule has 0 radical (unpaired) electrons. The molecule has 0 spiro atoms. The number of benzene rings is 1. The van der Waals surface area contributed by atoms with Gasteiger partial charge < -0.3 is 40.3 Å². The largest absolute Gasteiger partial charge is 0.462 e. The van der Waals surface area contributed by atoms with Crippen molar-refractivity contribution in [3.05, 3.63) is 48.0 Å². The van der Waals surface area contributed by atoms with Gasteiger partial charge in [-0.1, -0.05) is 62.8 Å². The number of nitrogens with one attached hydrogen (secondary N) is 3. The smallest absolute Gasteiger partial charge is 0.408 e. The Morgan fingerprint density at radius 3 is 2.17 bits per heavy atom. The fraction of sp³-hybridized carbons (Fsp3) is 0.711. The minimum Gasteiger partial charge on any atom is -0.462 e. The number of carbonyl (C=O) groups is 5. The maximum Gasteiger partial charge on any atom is 0.408 e. The number of carbonyl (C=O) groups excluding carboxylic acids is 5. The van der Waals surface area contributed by atoms with Crippen LogP contribution in [0, 0.1) is 17.8 Å². The number of likely N-dealkylation sites (tertiary alicyclic amines) is 1. The summed E-state index contributed by atoms with van der Waals surface area (Å²) in [4.78, 5) is 68.6. The first kappa shape index (κ1) is 49.2. The topological polar surface area (TPSA) is 176 Å². The van der Waals surface area contributed by atoms with E-state index in [-0.39, 0.29) is 36.9 Å². The summed E-state index contributed by atoms with van der Waals surface area (Å²) in [5.74, 6) is -2.76. The molecule has 2 heterocycles. The van der Waals surface area contributed by atoms with E-state index in [4.69, 9.17) is 14.2 Å². The second kappa shape index (κ2) is 21.9. The third kappa shape index (κ3) is 16.4. The molecule has 59 heavy (non-hydrogen) atoms. The van der Waals surface area contributed by atoms with Crippen molar-refractivity contribution in [2.45, 2.75) is 175 Å². The van der Waals surface area contributed by atoms with Gasteiger partial charge in [0.05, 0.1) is 18.1 Å². The minimum atomic E-state index is -1.11. The highest BCUT2D eigenvalue weighted by atomic mass is 16.6. The molecule has 2 aliphatic heterocycles. The maximum absolute atomic E-state index is 14.4. The zero-order valence-electron chi connectivity index (χ0n) is 37.5. The van der Waals surface area contributed by atoms with Gasteiger partial charge >= 0.3 is 18.2 Å². The summed E-state index contributed by atoms with van der Waals surface area (Å²) in [6, 6.07) is 9.33. The van der Waals surface area contributed by atoms with Crippen LogP contribution in [-0.2, 0) is 35.0 Å². The number of alkyl carbamates (subject to hydrolysis) is 2. The highest BCUT2D eigenvalue weighted by Gasteiger charge is 2.46. The normalized spacial score (nSPS) is 19.9. The summed E-state index contributed by atoms with van der Waals surface area (Å²) >= 11 is 0. The van der Waals surface area contributed by atoms with Crippen LogP contribution in [0.5, 0.6) is 0 Å². The van der Waals surface area contributed by atoms with Crippen LogP contribution < -0.4 is 16.0 Å². The van der Waals surface area contributed by atoms with E-state index in [1.54, 1.807) is 39.5 Å². The van der Waals surface area contributed by atoms with Gasteiger partial charge in [0.1, 0.15) is 23.8 Å². The summed E-state index contributed by atoms with van der Waals surface area (Å²) in [6.07, 6.45) is 5.56. The monoisotopic (exact) mass is 828 g/mol. The van der Waals surface area contributed by atoms with E-state index >= 15 is 0 Å². The Balaban J connectivity index is 1.68. The first-order chi connectivity index (χ1) is 27.5. The van der Waals surface area contributed by atoms with Crippen LogP contribution in [0.25, 0.3) is 0 Å². The Morgan fingerprint density at radius 1 is 0.932 bits per heavy atom. The van der Waals surface area contributed by atoms with Crippen molar-refractivity contribution in [2.75, 3.05) is 13.1 Å². The first-order valence-corrected chi connectivity index (χ1v) is 21.4. The second-order valence-electron chi connectivity index (χ2n) is 19.1. The molecule has 2 saturated heterocycles. The second-order valence-corrected chi connectivity index (χ2v) is 19.1. The van der Waals surface area contributed by atoms with E-state index in [2.05, 4.69) is 29.8 Å². The van der Waals surface area contributed by atoms with Crippen molar-refractivity contribution in [3.8, 4) is 0 Å². The standard InChI is InChI=1S/C45H73N5O9/c1-30(2)26-34(47-42(55)59-43(5,6)7)23-22-33(27-32-18-13-12-14-19-32)39(52)49-25-17-21-37(49)48-38(51)36(40(53)57-31(3)4)20-15-16-24-46-41(54)58-35-28-44(8,9)50(56)45(10,11)29-35/h12-14,18-19,22-23,30-31,33-37,56H,15-17,20-21,24-29H2,1-11H3,(H,46,54)(H,47,55)(H,48,51)/b23-22+/t33-,34-,36-,37+/m1/s1. The van der Waals surface area contributed by atoms with E-state index in [1.165, 1.54) is 5.06 Å². The van der Waals surface area contributed by atoms with Gasteiger partial charge in [-0.15, -0.1) is 0 Å². The van der Waals surface area contributed by atoms with Crippen LogP contribution in [0.3, 0.4) is 0 Å². The molecule has 4 atom stereocenters. The summed E-state index contributed by atoms with van der Waals surface area (Å²) in [5, 5.41) is 20.6. The lowest BCUT2D eigenvalue weighted by Gasteiger charge is -2.50. The lowest BCUT2D eigenvalue weighted by Crippen LogP contribution is -2.60. The quantitative estimate of drug-likeness (QED) is 0.0387. The van der Waals surface area contributed by atoms with Gasteiger partial charge in [0.25, 0.3) is 0 Å². The molecule has 0 aromatic heterocycles. The SMILES string of the molecule is CC(C)C[C@@H](/C=C/[C@H](Cc1ccccc1)C(=O)N1CCC[C@H]1NC(=O)[C@@H](CCCCNC(=O)OC1CC(C)(C)N(O)C(C)(C)C1)C(=O)OC(C)C)NC(=O)OC(C)(C)C. The number of hydrogen-bond acceptors (Lipinski definition) is 10. The number of amides is 4. The Kier molecular flexibility index (Phi) is 18.3. The molecule has 0 saturated carbocycles. The first-order valence-electron chi connectivity index (χ1n) is 21.4. The summed E-state index contributed by atoms with van der Waals surface area (Å²) < 4.78 is 16.7. The van der Waals surface area contributed by atoms with Gasteiger partial charge in [0.2, 0.25) is 11.8 Å². The minimum absolute atomic E-state index is 0.165. The van der Waals surface area contributed by atoms with Crippen LogP contribution >= 0.6 is 0 Å². The molecule has 0 aliphatic carbocycles. The molecular weight excluding hydrogens is 755 g/mol. The zero-order chi connectivity index (χ0) is 44.1. The van der Waals surface area contributed by atoms with Crippen molar-refractivity contribution in [3.63, 3.8) is 0 Å². The number of nitrogens with zero attached hydrogens (tertiary/aromatic N) is 2. The fourth-order valence-corrected chi connectivity index (χ4v) is 7.97. The Morgan fingerprint density at radius 2 is 1.58 bits per heavy atom. The Bertz CT molecular complexity index is 1550. The van der Waals surface area contributed by atoms with Crippen molar-refractivity contribution in [1.29, 1.82) is 0 Å². The average molecular weight is 828 g/mol. The van der Waals surface area contributed by atoms with Gasteiger partial charge in [0, 0.05) is 37.0 Å². The van der Waals surface area contributed by atoms with Gasteiger partial charge in [-0.05, 0) is 112 Å². The third-order valence-corrected chi connectivity index (χ3v) is 10.5. The van der Waals surface area contributed by atoms with Crippen LogP contribution in [0.2, 0.25) is 0 Å². The number of ether oxygens (including phenoxy) is 3. The molecule has 14 nitrogen and oxygen atoms in total. The van der Waals surface area contributed by atoms with E-state index in [9.17, 15) is 29.2 Å². The highest BCUT2D eigenvalue weighted by molar-refractivity contribution is 5.98. The number of piperidine rings is 1. The van der Waals surface area contributed by atoms with Crippen molar-refractivity contribution >= 4 is 30.0 Å². The van der Waals surface area contributed by atoms with Crippen molar-refractivity contribution in [1.82, 2.24) is 25.9 Å². The van der Waals surface area contributed by atoms with Crippen molar-refractivity contribution in [2.24, 2.45) is 17.8 Å². The molecule has 4 N–H and O–H groups in total. The molecule has 332 valence electrons. The molecule has 1 aromatic rings. The molecule has 2 aliphatic rings. The molecule has 4 amide bonds. The molecule has 1 aromatic carbocycles. The predicted octanol–water partition coefficient (Wildman–Crippen LogP) is 7.28. The summed E-state index contributed by atoms with van der Waals surface area (Å²) in [6.45, 7) is 21.3. The zero-order valence-corrected chi connectivity index (χ0v) is 37.5. The summed E-state index contributed by atoms with van der Waals surface area (Å²) in [5.41, 5.74) is -0.814. The molecule has 14 heteroatoms. The number of hydrogen-bond donors (Lipinski definition) is 4. The van der Waals surface area contributed by atoms with E-state index in [1.807, 2.05) is 70.2 Å². The molecule has 2 fully saturated rings. The lowest BCUT2D eigenvalue weighted by molar-refractivity contribution is -0.256. The van der Waals surface area contributed by atoms with Gasteiger partial charge in [-0.3, -0.25) is 14.4 Å². The van der Waals surface area contributed by atoms with Crippen LogP contribution in [0.15, 0.2) is 42.5 Å². The molecule has 0 bridgehead atoms. The number of esters is 1. The van der Waals surface area contributed by atoms with Crippen LogP contribution in [0.1, 0.15) is 133 Å². The maximum atomic E-state index is 14.4. The van der Waals surface area contributed by atoms with E-state index in [0.717, 1.165) is 5.56 Å². The van der Waals surface area contributed by atoms with Crippen molar-refractivity contribution < 1.29 is 43.4 Å². The van der Waals surface area contributed by atoms with E-state index < -0.39 is 64.8 Å². The molecular formula is C45H73N5O9. The number of hydroxylamine groups is 2. The predicted molar refractivity (Wildman–Crippen MR) is 226 cm³/mol. The lowest BCUT2D eigenvalue weighted by atomic mass is 9.80.